The van der Waals surface area contributed by atoms with Crippen LogP contribution in [0.4, 0.5) is 9.59 Å². The second kappa shape index (κ2) is 29.4. The highest BCUT2D eigenvalue weighted by Gasteiger charge is 2.79. The number of imide groups is 1. The van der Waals surface area contributed by atoms with Crippen LogP contribution >= 0.6 is 0 Å². The van der Waals surface area contributed by atoms with Crippen molar-refractivity contribution in [2.45, 2.75) is 285 Å². The SMILES string of the molecule is CC[Si](CC)(CC)O[C@H]1C[C@@H]2OC[C@@]2(OC(C)=O)[C@H]2[C@H](OC(=O)c3ccccc3)[C@]3(O)C[C@H](OC(=O)[C@H](O[Si](C(C)C)(C(C)C)C(C)C)[C@H](C=C(C)C)NC(=O)/C=C/CCCN(C(=O)OC(C)(C)C)C(=O)OC(C)(C)C)C(C)=C([C@@H](OC(C)=O)C(=O)[C@]12C)C3(C)C. The summed E-state index contributed by atoms with van der Waals surface area (Å²) >= 11 is 0. The lowest BCUT2D eigenvalue weighted by atomic mass is 9.44. The van der Waals surface area contributed by atoms with Gasteiger partial charge in [0.25, 0.3) is 0 Å². The Morgan fingerprint density at radius 2 is 1.35 bits per heavy atom. The van der Waals surface area contributed by atoms with Crippen LogP contribution in [0.5, 0.6) is 0 Å². The van der Waals surface area contributed by atoms with Crippen molar-refractivity contribution < 1.29 is 85.5 Å². The molecule has 22 heteroatoms. The minimum absolute atomic E-state index is 0.0615. The first-order valence-corrected chi connectivity index (χ1v) is 37.3. The first-order chi connectivity index (χ1) is 42.0. The van der Waals surface area contributed by atoms with Crippen molar-refractivity contribution in [1.29, 1.82) is 0 Å². The second-order valence-corrected chi connectivity index (χ2v) is 39.4. The first kappa shape index (κ1) is 76.2. The standard InChI is InChI=1S/C69H108N2O18Si2/c1-24-90(25-2,26-3)88-51-38-52-68(40-81-52,85-47(14)73)57-59(84-60(76)48-33-29-27-30-34-48)69(80)39-50(45(12)54(66(69,21)22)56(82-46(13)72)58(75)67(51,57)23)83-61(77)55(89-91(42(6)7,43(8)9)44(10)11)49(37-41(4)5)70-53(74)35-31-28-32-36-71(62(78)86-64(15,16)17)63(79)87-65(18,19)20/h27,29-31,33-35,37,42-44,49-52,55-57,59,80H,24-26,28,32,36,38-40H2,1-23H3,(H,70,74)/b35-31+/t49-,50-,51-,52-,55+,56+,57-,59-,67+,68-,69+/m0/s1. The molecule has 4 aliphatic rings. The zero-order valence-corrected chi connectivity index (χ0v) is 60.7. The zero-order chi connectivity index (χ0) is 68.9. The van der Waals surface area contributed by atoms with E-state index in [4.69, 9.17) is 42.0 Å². The number of amides is 3. The summed E-state index contributed by atoms with van der Waals surface area (Å²) in [6, 6.07) is 8.98. The number of esters is 4. The van der Waals surface area contributed by atoms with E-state index in [1.807, 2.05) is 76.2 Å². The summed E-state index contributed by atoms with van der Waals surface area (Å²) in [6.07, 6.45) is -5.64. The average molecular weight is 1310 g/mol. The molecule has 0 unspecified atom stereocenters. The highest BCUT2D eigenvalue weighted by atomic mass is 28.4. The van der Waals surface area contributed by atoms with E-state index in [2.05, 4.69) is 5.32 Å². The van der Waals surface area contributed by atoms with Crippen LogP contribution in [0, 0.1) is 16.7 Å². The van der Waals surface area contributed by atoms with E-state index in [9.17, 15) is 29.1 Å². The van der Waals surface area contributed by atoms with Crippen molar-refractivity contribution in [3.05, 3.63) is 70.8 Å². The van der Waals surface area contributed by atoms with Crippen molar-refractivity contribution in [1.82, 2.24) is 10.2 Å². The van der Waals surface area contributed by atoms with Crippen LogP contribution in [-0.2, 0) is 66.0 Å². The fraction of sp³-hybridized carbons (Fsp3) is 0.710. The summed E-state index contributed by atoms with van der Waals surface area (Å²) in [7, 11) is -5.82. The number of hydrogen-bond donors (Lipinski definition) is 2. The molecule has 1 aromatic rings. The molecule has 2 N–H and O–H groups in total. The van der Waals surface area contributed by atoms with Gasteiger partial charge in [0.2, 0.25) is 14.2 Å². The average Bonchev–Trinajstić information content (AvgIpc) is 0.669. The molecule has 1 aliphatic heterocycles. The number of rotatable bonds is 24. The Labute approximate surface area is 543 Å². The summed E-state index contributed by atoms with van der Waals surface area (Å²) in [5, 5.41) is 17.6. The molecule has 2 bridgehead atoms. The minimum Gasteiger partial charge on any atom is -0.456 e. The third kappa shape index (κ3) is 16.2. The van der Waals surface area contributed by atoms with Gasteiger partial charge in [0.1, 0.15) is 35.1 Å². The molecular weight excluding hydrogens is 1200 g/mol. The summed E-state index contributed by atoms with van der Waals surface area (Å²) in [6.45, 7) is 40.9. The van der Waals surface area contributed by atoms with Gasteiger partial charge in [-0.15, -0.1) is 0 Å². The maximum atomic E-state index is 16.8. The van der Waals surface area contributed by atoms with E-state index < -0.39 is 153 Å². The predicted molar refractivity (Wildman–Crippen MR) is 349 cm³/mol. The maximum Gasteiger partial charge on any atom is 0.419 e. The molecule has 1 aromatic carbocycles. The molecular formula is C69H108N2O18Si2. The van der Waals surface area contributed by atoms with E-state index in [1.54, 1.807) is 112 Å². The fourth-order valence-electron chi connectivity index (χ4n) is 14.8. The molecule has 91 heavy (non-hydrogen) atoms. The molecule has 1 heterocycles. The van der Waals surface area contributed by atoms with Crippen LogP contribution in [0.1, 0.15) is 195 Å². The van der Waals surface area contributed by atoms with Gasteiger partial charge in [0, 0.05) is 38.6 Å². The van der Waals surface area contributed by atoms with Crippen LogP contribution < -0.4 is 5.32 Å². The smallest absolute Gasteiger partial charge is 0.419 e. The number of fused-ring (bicyclic) bond motifs is 5. The van der Waals surface area contributed by atoms with Gasteiger partial charge in [-0.3, -0.25) is 19.2 Å². The fourth-order valence-corrected chi connectivity index (χ4v) is 23.2. The lowest BCUT2D eigenvalue weighted by Gasteiger charge is -2.68. The van der Waals surface area contributed by atoms with Gasteiger partial charge in [-0.05, 0) is 146 Å². The predicted octanol–water partition coefficient (Wildman–Crippen LogP) is 12.8. The van der Waals surface area contributed by atoms with Gasteiger partial charge in [0.05, 0.1) is 35.6 Å². The van der Waals surface area contributed by atoms with Gasteiger partial charge >= 0.3 is 36.1 Å². The van der Waals surface area contributed by atoms with E-state index in [-0.39, 0.29) is 65.7 Å². The zero-order valence-electron chi connectivity index (χ0n) is 58.7. The van der Waals surface area contributed by atoms with Crippen molar-refractivity contribution in [3.8, 4) is 0 Å². The molecule has 0 spiro atoms. The molecule has 5 rings (SSSR count). The number of carbonyl (C=O) groups is 8. The number of aliphatic hydroxyl groups is 1. The van der Waals surface area contributed by atoms with E-state index >= 15 is 14.4 Å². The summed E-state index contributed by atoms with van der Waals surface area (Å²) in [5.41, 5.74) is -8.54. The summed E-state index contributed by atoms with van der Waals surface area (Å²) < 4.78 is 58.7. The molecule has 11 atom stereocenters. The van der Waals surface area contributed by atoms with E-state index in [0.717, 1.165) is 4.90 Å². The minimum atomic E-state index is -3.13. The molecule has 3 amide bonds. The van der Waals surface area contributed by atoms with Crippen LogP contribution in [-0.4, -0.2) is 153 Å². The topological polar surface area (TPSA) is 255 Å². The lowest BCUT2D eigenvalue weighted by molar-refractivity contribution is -0.344. The van der Waals surface area contributed by atoms with E-state index in [0.29, 0.717) is 23.7 Å². The number of nitrogens with zero attached hydrogens (tertiary/aromatic N) is 1. The van der Waals surface area contributed by atoms with Gasteiger partial charge in [-0.1, -0.05) is 112 Å². The molecule has 510 valence electrons. The molecule has 0 aromatic heterocycles. The number of hydrogen-bond acceptors (Lipinski definition) is 18. The Hall–Kier alpha value is -5.53. The van der Waals surface area contributed by atoms with Gasteiger partial charge < -0.3 is 52.4 Å². The van der Waals surface area contributed by atoms with Gasteiger partial charge in [-0.2, -0.15) is 0 Å². The third-order valence-electron chi connectivity index (χ3n) is 19.4. The first-order valence-electron chi connectivity index (χ1n) is 32.6. The highest BCUT2D eigenvalue weighted by Crippen LogP contribution is 2.65. The Bertz CT molecular complexity index is 2860. The van der Waals surface area contributed by atoms with Crippen LogP contribution in [0.15, 0.2) is 65.3 Å². The van der Waals surface area contributed by atoms with Crippen LogP contribution in [0.3, 0.4) is 0 Å². The maximum absolute atomic E-state index is 16.8. The Morgan fingerprint density at radius 1 is 0.802 bits per heavy atom. The Balaban J connectivity index is 1.75. The van der Waals surface area contributed by atoms with Crippen molar-refractivity contribution in [2.24, 2.45) is 16.7 Å². The number of Topliss-reactive ketones (excluding diaryl/α,β-unsaturated/α-hetero) is 1. The number of allylic oxidation sites excluding steroid dienone is 2. The lowest BCUT2D eigenvalue weighted by Crippen LogP contribution is -2.82. The van der Waals surface area contributed by atoms with E-state index in [1.165, 1.54) is 19.9 Å². The second-order valence-electron chi connectivity index (χ2n) is 29.3. The van der Waals surface area contributed by atoms with Crippen molar-refractivity contribution >= 4 is 64.4 Å². The number of carbonyl (C=O) groups excluding carboxylic acids is 8. The number of nitrogens with one attached hydrogen (secondary N) is 1. The molecule has 3 fully saturated rings. The molecule has 1 saturated heterocycles. The molecule has 2 saturated carbocycles. The Morgan fingerprint density at radius 3 is 1.81 bits per heavy atom. The van der Waals surface area contributed by atoms with Gasteiger partial charge in [-0.25, -0.2) is 24.1 Å². The highest BCUT2D eigenvalue weighted by molar-refractivity contribution is 6.77. The normalized spacial score (nSPS) is 26.4. The largest absolute Gasteiger partial charge is 0.456 e. The Kier molecular flexibility index (Phi) is 24.6. The number of unbranched alkanes of at least 4 members (excludes halogenated alkanes) is 1. The quantitative estimate of drug-likeness (QED) is 0.0243. The molecule has 3 aliphatic carbocycles. The molecule has 20 nitrogen and oxygen atoms in total. The van der Waals surface area contributed by atoms with Crippen LogP contribution in [0.25, 0.3) is 0 Å². The summed E-state index contributed by atoms with van der Waals surface area (Å²) in [4.78, 5) is 117. The van der Waals surface area contributed by atoms with Crippen molar-refractivity contribution in [2.75, 3.05) is 13.2 Å². The van der Waals surface area contributed by atoms with Crippen LogP contribution in [0.2, 0.25) is 34.8 Å². The monoisotopic (exact) mass is 1310 g/mol. The van der Waals surface area contributed by atoms with Crippen molar-refractivity contribution in [3.63, 3.8) is 0 Å². The number of ketones is 1. The summed E-state index contributed by atoms with van der Waals surface area (Å²) in [5.74, 6) is -6.10. The van der Waals surface area contributed by atoms with Gasteiger partial charge in [0.15, 0.2) is 31.9 Å². The number of benzene rings is 1. The number of ether oxygens (including phenoxy) is 7. The molecule has 0 radical (unpaired) electrons. The third-order valence-corrected chi connectivity index (χ3v) is 30.1.